The van der Waals surface area contributed by atoms with E-state index in [1.54, 1.807) is 42.6 Å². The van der Waals surface area contributed by atoms with Crippen molar-refractivity contribution in [1.82, 2.24) is 15.2 Å². The van der Waals surface area contributed by atoms with Crippen LogP contribution in [0, 0.1) is 0 Å². The Bertz CT molecular complexity index is 995. The van der Waals surface area contributed by atoms with Crippen LogP contribution in [-0.2, 0) is 20.9 Å². The normalized spacial score (nSPS) is 13.5. The molecule has 0 bridgehead atoms. The number of carbonyl (C=O) groups is 3. The summed E-state index contributed by atoms with van der Waals surface area (Å²) < 4.78 is 5.62. The summed E-state index contributed by atoms with van der Waals surface area (Å²) in [4.78, 5) is 40.9. The zero-order chi connectivity index (χ0) is 21.7. The first kappa shape index (κ1) is 24.7. The number of nitrogens with one attached hydrogen (secondary N) is 1. The molecule has 0 radical (unpaired) electrons. The van der Waals surface area contributed by atoms with Gasteiger partial charge in [0.15, 0.2) is 0 Å². The Morgan fingerprint density at radius 3 is 2.52 bits per heavy atom. The molecule has 2 amide bonds. The minimum atomic E-state index is -1.25. The van der Waals surface area contributed by atoms with Crippen LogP contribution >= 0.6 is 11.6 Å². The third-order valence-corrected chi connectivity index (χ3v) is 4.49. The average Bonchev–Trinajstić information content (AvgIpc) is 2.72. The molecule has 3 rings (SSSR count). The molecule has 1 aliphatic rings. The van der Waals surface area contributed by atoms with E-state index in [4.69, 9.17) is 21.4 Å². The Morgan fingerprint density at radius 2 is 1.90 bits per heavy atom. The fraction of sp³-hybridized carbons (Fsp3) is 0.200. The van der Waals surface area contributed by atoms with Crippen LogP contribution in [-0.4, -0.2) is 80.5 Å². The number of carbonyl (C=O) groups excluding carboxylic acids is 2. The second-order valence-electron chi connectivity index (χ2n) is 6.44. The van der Waals surface area contributed by atoms with Crippen molar-refractivity contribution in [2.45, 2.75) is 13.0 Å². The summed E-state index contributed by atoms with van der Waals surface area (Å²) in [7, 11) is 0. The van der Waals surface area contributed by atoms with Crippen molar-refractivity contribution in [3.63, 3.8) is 0 Å². The van der Waals surface area contributed by atoms with Crippen LogP contribution in [0.25, 0.3) is 0 Å². The molecule has 2 aromatic rings. The molecule has 1 aromatic carbocycles. The zero-order valence-corrected chi connectivity index (χ0v) is 16.4. The van der Waals surface area contributed by atoms with E-state index in [0.717, 1.165) is 0 Å². The number of hydrogen-bond donors (Lipinski definition) is 3. The number of amides is 2. The van der Waals surface area contributed by atoms with Gasteiger partial charge in [0.05, 0.1) is 0 Å². The fourth-order valence-corrected chi connectivity index (χ4v) is 2.91. The summed E-state index contributed by atoms with van der Waals surface area (Å²) in [5.41, 5.74) is 0.247. The Morgan fingerprint density at radius 1 is 1.19 bits per heavy atom. The van der Waals surface area contributed by atoms with Crippen LogP contribution in [0.4, 0.5) is 0 Å². The van der Waals surface area contributed by atoms with Gasteiger partial charge in [-0.2, -0.15) is 0 Å². The Kier molecular flexibility index (Phi) is 8.88. The van der Waals surface area contributed by atoms with Gasteiger partial charge in [0.1, 0.15) is 23.6 Å². The van der Waals surface area contributed by atoms with E-state index in [-0.39, 0.29) is 54.8 Å². The summed E-state index contributed by atoms with van der Waals surface area (Å²) in [5.74, 6) is -2.28. The van der Waals surface area contributed by atoms with Crippen molar-refractivity contribution in [3.8, 4) is 11.6 Å². The van der Waals surface area contributed by atoms with Crippen LogP contribution < -0.4 is 10.1 Å². The molecule has 0 fully saturated rings. The molecule has 0 saturated heterocycles. The molecule has 1 aliphatic heterocycles. The van der Waals surface area contributed by atoms with Gasteiger partial charge < -0.3 is 25.2 Å². The molecule has 1 aromatic heterocycles. The van der Waals surface area contributed by atoms with E-state index in [9.17, 15) is 19.5 Å². The molecule has 31 heavy (non-hydrogen) atoms. The van der Waals surface area contributed by atoms with Crippen LogP contribution in [0.2, 0.25) is 5.02 Å². The van der Waals surface area contributed by atoms with Crippen LogP contribution in [0.1, 0.15) is 12.0 Å². The molecule has 0 spiro atoms. The van der Waals surface area contributed by atoms with Crippen molar-refractivity contribution in [2.24, 2.45) is 0 Å². The van der Waals surface area contributed by atoms with E-state index < -0.39 is 29.9 Å². The Balaban J connectivity index is 0.00000341. The van der Waals surface area contributed by atoms with E-state index in [1.807, 2.05) is 0 Å². The molecule has 0 saturated carbocycles. The summed E-state index contributed by atoms with van der Waals surface area (Å²) in [6, 6.07) is 10.2. The first-order chi connectivity index (χ1) is 14.3. The van der Waals surface area contributed by atoms with Crippen LogP contribution in [0.5, 0.6) is 11.6 Å². The zero-order valence-electron chi connectivity index (χ0n) is 15.7. The van der Waals surface area contributed by atoms with Gasteiger partial charge in [-0.15, -0.1) is 0 Å². The van der Waals surface area contributed by atoms with Crippen molar-refractivity contribution in [3.05, 3.63) is 64.5 Å². The summed E-state index contributed by atoms with van der Waals surface area (Å²) in [5, 5.41) is 21.3. The van der Waals surface area contributed by atoms with Crippen molar-refractivity contribution in [2.75, 3.05) is 13.1 Å². The molecule has 0 aliphatic carbocycles. The third-order valence-electron chi connectivity index (χ3n) is 4.24. The molecule has 158 valence electrons. The van der Waals surface area contributed by atoms with Gasteiger partial charge in [-0.25, -0.2) is 4.98 Å². The third kappa shape index (κ3) is 6.70. The molecule has 0 unspecified atom stereocenters. The number of ether oxygens (including phenoxy) is 1. The monoisotopic (exact) mass is 455 g/mol. The maximum absolute atomic E-state index is 12.6. The predicted octanol–water partition coefficient (Wildman–Crippen LogP) is 1.62. The van der Waals surface area contributed by atoms with E-state index in [1.165, 1.54) is 4.90 Å². The number of aliphatic hydroxyl groups excluding tert-OH is 1. The molecule has 9 nitrogen and oxygen atoms in total. The first-order valence-electron chi connectivity index (χ1n) is 8.93. The van der Waals surface area contributed by atoms with Gasteiger partial charge in [0.2, 0.25) is 5.88 Å². The first-order valence-corrected chi connectivity index (χ1v) is 9.31. The van der Waals surface area contributed by atoms with Crippen molar-refractivity contribution < 1.29 is 29.3 Å². The predicted molar refractivity (Wildman–Crippen MR) is 113 cm³/mol. The summed E-state index contributed by atoms with van der Waals surface area (Å²) in [6.45, 7) is -0.276. The Hall–Kier alpha value is -2.59. The van der Waals surface area contributed by atoms with Gasteiger partial charge in [0, 0.05) is 36.8 Å². The standard InChI is InChI=1S/C20H18ClN3O6.Na.H/c21-13-2-4-14(5-3-13)30-16-6-1-12(9-22-16)11-24-8-7-15(25)18(20(24)29)19(28)23-10-17(26)27;;/h1-6,9,25H,7-8,10-11H2,(H,23,28)(H,26,27);;. The molecular formula is C20H19ClN3NaO6. The fourth-order valence-electron chi connectivity index (χ4n) is 2.78. The van der Waals surface area contributed by atoms with Gasteiger partial charge in [0.25, 0.3) is 11.8 Å². The number of benzene rings is 1. The van der Waals surface area contributed by atoms with Crippen molar-refractivity contribution in [1.29, 1.82) is 0 Å². The van der Waals surface area contributed by atoms with Crippen LogP contribution in [0.3, 0.4) is 0 Å². The quantitative estimate of drug-likeness (QED) is 0.427. The summed E-state index contributed by atoms with van der Waals surface area (Å²) in [6.07, 6.45) is 1.63. The van der Waals surface area contributed by atoms with E-state index in [0.29, 0.717) is 22.2 Å². The molecule has 11 heteroatoms. The number of aliphatic hydroxyl groups is 1. The molecule has 2 heterocycles. The number of nitrogens with zero attached hydrogens (tertiary/aromatic N) is 2. The van der Waals surface area contributed by atoms with Crippen molar-refractivity contribution >= 4 is 58.9 Å². The second kappa shape index (κ2) is 11.1. The topological polar surface area (TPSA) is 129 Å². The molecule has 3 N–H and O–H groups in total. The van der Waals surface area contributed by atoms with Gasteiger partial charge in [-0.1, -0.05) is 17.7 Å². The second-order valence-corrected chi connectivity index (χ2v) is 6.87. The SMILES string of the molecule is O=C(O)CNC(=O)C1=C(O)CCN(Cc2ccc(Oc3ccc(Cl)cc3)nc2)C1=O.[NaH]. The maximum atomic E-state index is 12.6. The average molecular weight is 456 g/mol. The minimum absolute atomic E-state index is 0. The number of halogens is 1. The van der Waals surface area contributed by atoms with Gasteiger partial charge >= 0.3 is 35.5 Å². The molecule has 0 atom stereocenters. The Labute approximate surface area is 205 Å². The number of aliphatic carboxylic acids is 1. The number of pyridine rings is 1. The van der Waals surface area contributed by atoms with Gasteiger partial charge in [-0.05, 0) is 29.8 Å². The number of rotatable bonds is 7. The van der Waals surface area contributed by atoms with E-state index in [2.05, 4.69) is 10.3 Å². The number of carboxylic acid groups (broad SMARTS) is 1. The van der Waals surface area contributed by atoms with E-state index >= 15 is 0 Å². The number of carboxylic acids is 1. The summed E-state index contributed by atoms with van der Waals surface area (Å²) >= 11 is 5.84. The number of aromatic nitrogens is 1. The van der Waals surface area contributed by atoms with Crippen LogP contribution in [0.15, 0.2) is 53.9 Å². The van der Waals surface area contributed by atoms with Gasteiger partial charge in [-0.3, -0.25) is 14.4 Å². The molecular weight excluding hydrogens is 437 g/mol. The number of hydrogen-bond acceptors (Lipinski definition) is 6.